The van der Waals surface area contributed by atoms with Crippen LogP contribution in [0.4, 0.5) is 18.9 Å². The highest BCUT2D eigenvalue weighted by Gasteiger charge is 2.30. The molecule has 0 N–H and O–H groups in total. The number of halogens is 4. The van der Waals surface area contributed by atoms with E-state index >= 15 is 0 Å². The second kappa shape index (κ2) is 6.43. The molecule has 0 saturated carbocycles. The van der Waals surface area contributed by atoms with Crippen LogP contribution in [0, 0.1) is 0 Å². The Kier molecular flexibility index (Phi) is 4.23. The first-order chi connectivity index (χ1) is 12.4. The van der Waals surface area contributed by atoms with Crippen LogP contribution in [0.1, 0.15) is 5.56 Å². The summed E-state index contributed by atoms with van der Waals surface area (Å²) in [5.41, 5.74) is 1.24. The van der Waals surface area contributed by atoms with Crippen LogP contribution in [-0.2, 0) is 6.18 Å². The predicted molar refractivity (Wildman–Crippen MR) is 98.6 cm³/mol. The molecule has 3 aromatic rings. The molecular weight excluding hydrogens is 363 g/mol. The number of hydrogen-bond acceptors (Lipinski definition) is 2. The van der Waals surface area contributed by atoms with E-state index in [1.807, 2.05) is 35.0 Å². The minimum atomic E-state index is -4.30. The van der Waals surface area contributed by atoms with Gasteiger partial charge in [-0.1, -0.05) is 29.8 Å². The Hall–Kier alpha value is -2.34. The summed E-state index contributed by atoms with van der Waals surface area (Å²) in [6.45, 7) is 2.90. The average Bonchev–Trinajstić information content (AvgIpc) is 2.97. The van der Waals surface area contributed by atoms with E-state index in [1.165, 1.54) is 12.1 Å². The fourth-order valence-electron chi connectivity index (χ4n) is 3.41. The second-order valence-electron chi connectivity index (χ2n) is 6.32. The van der Waals surface area contributed by atoms with Gasteiger partial charge in [0.15, 0.2) is 0 Å². The lowest BCUT2D eigenvalue weighted by Gasteiger charge is -2.38. The van der Waals surface area contributed by atoms with E-state index in [-0.39, 0.29) is 0 Å². The van der Waals surface area contributed by atoms with Gasteiger partial charge in [0, 0.05) is 24.2 Å². The minimum Gasteiger partial charge on any atom is -0.368 e. The van der Waals surface area contributed by atoms with Crippen LogP contribution < -0.4 is 9.91 Å². The summed E-state index contributed by atoms with van der Waals surface area (Å²) in [7, 11) is 0. The Morgan fingerprint density at radius 1 is 0.846 bits per heavy atom. The Morgan fingerprint density at radius 3 is 2.15 bits per heavy atom. The molecule has 1 aliphatic heterocycles. The highest BCUT2D eigenvalue weighted by Crippen LogP contribution is 2.31. The number of aromatic nitrogens is 1. The third-order valence-electron chi connectivity index (χ3n) is 4.74. The summed E-state index contributed by atoms with van der Waals surface area (Å²) in [5.74, 6) is 0. The van der Waals surface area contributed by atoms with E-state index in [0.717, 1.165) is 41.8 Å². The first-order valence-corrected chi connectivity index (χ1v) is 8.75. The van der Waals surface area contributed by atoms with E-state index in [1.54, 1.807) is 0 Å². The molecule has 136 valence electrons. The number of piperazine rings is 1. The van der Waals surface area contributed by atoms with Crippen molar-refractivity contribution in [1.82, 2.24) is 4.68 Å². The lowest BCUT2D eigenvalue weighted by atomic mass is 10.2. The molecular formula is C19H17ClF3N3. The number of hydrogen-bond donors (Lipinski definition) is 0. The quantitative estimate of drug-likeness (QED) is 0.635. The number of rotatable bonds is 2. The molecule has 2 aromatic carbocycles. The maximum absolute atomic E-state index is 12.7. The van der Waals surface area contributed by atoms with Gasteiger partial charge in [-0.05, 0) is 36.4 Å². The van der Waals surface area contributed by atoms with E-state index in [4.69, 9.17) is 11.6 Å². The van der Waals surface area contributed by atoms with Crippen LogP contribution in [-0.4, -0.2) is 30.9 Å². The van der Waals surface area contributed by atoms with Crippen molar-refractivity contribution in [3.05, 3.63) is 65.3 Å². The second-order valence-corrected chi connectivity index (χ2v) is 6.71. The third kappa shape index (κ3) is 3.09. The number of anilines is 1. The molecule has 7 heteroatoms. The zero-order chi connectivity index (χ0) is 18.3. The molecule has 0 amide bonds. The van der Waals surface area contributed by atoms with Gasteiger partial charge in [-0.3, -0.25) is 0 Å². The number of fused-ring (bicyclic) bond motifs is 1. The fraction of sp³-hybridized carbons (Fsp3) is 0.263. The Labute approximate surface area is 154 Å². The third-order valence-corrected chi connectivity index (χ3v) is 5.01. The first kappa shape index (κ1) is 17.1. The van der Waals surface area contributed by atoms with Gasteiger partial charge in [0.25, 0.3) is 0 Å². The molecule has 1 aromatic heterocycles. The average molecular weight is 380 g/mol. The molecule has 1 fully saturated rings. The summed E-state index contributed by atoms with van der Waals surface area (Å²) < 4.78 is 40.1. The van der Waals surface area contributed by atoms with E-state index < -0.39 is 11.7 Å². The largest absolute Gasteiger partial charge is 0.416 e. The van der Waals surface area contributed by atoms with Crippen molar-refractivity contribution in [2.45, 2.75) is 6.18 Å². The molecule has 26 heavy (non-hydrogen) atoms. The Balaban J connectivity index is 1.49. The normalized spacial score (nSPS) is 15.7. The van der Waals surface area contributed by atoms with Crippen molar-refractivity contribution in [1.29, 1.82) is 0 Å². The van der Waals surface area contributed by atoms with Crippen molar-refractivity contribution >= 4 is 28.2 Å². The molecule has 1 aliphatic rings. The molecule has 0 atom stereocenters. The summed E-state index contributed by atoms with van der Waals surface area (Å²) in [6, 6.07) is 15.3. The number of alkyl halides is 3. The lowest BCUT2D eigenvalue weighted by Crippen LogP contribution is -2.51. The fourth-order valence-corrected chi connectivity index (χ4v) is 3.73. The van der Waals surface area contributed by atoms with Gasteiger partial charge in [-0.25, -0.2) is 4.68 Å². The molecule has 3 nitrogen and oxygen atoms in total. The van der Waals surface area contributed by atoms with E-state index in [9.17, 15) is 13.2 Å². The summed E-state index contributed by atoms with van der Waals surface area (Å²) in [4.78, 5) is 2.09. The standard InChI is InChI=1S/C19H17ClF3N3/c20-18-13-14-3-1-2-4-17(14)26(18)25-11-9-24(10-12-25)16-7-5-15(6-8-16)19(21,22)23/h1-8,13H,9-12H2. The number of para-hydroxylation sites is 1. The van der Waals surface area contributed by atoms with Crippen LogP contribution >= 0.6 is 11.6 Å². The number of benzene rings is 2. The van der Waals surface area contributed by atoms with Crippen LogP contribution in [0.2, 0.25) is 5.15 Å². The van der Waals surface area contributed by atoms with Gasteiger partial charge in [-0.15, -0.1) is 0 Å². The molecule has 1 saturated heterocycles. The van der Waals surface area contributed by atoms with Gasteiger partial charge in [0.05, 0.1) is 24.2 Å². The zero-order valence-electron chi connectivity index (χ0n) is 13.9. The Morgan fingerprint density at radius 2 is 1.50 bits per heavy atom. The maximum Gasteiger partial charge on any atom is 0.416 e. The van der Waals surface area contributed by atoms with Gasteiger partial charge < -0.3 is 9.91 Å². The molecule has 0 aliphatic carbocycles. The predicted octanol–water partition coefficient (Wildman–Crippen LogP) is 4.77. The lowest BCUT2D eigenvalue weighted by molar-refractivity contribution is -0.137. The van der Waals surface area contributed by atoms with Crippen molar-refractivity contribution in [3.63, 3.8) is 0 Å². The summed E-state index contributed by atoms with van der Waals surface area (Å²) >= 11 is 6.42. The molecule has 4 rings (SSSR count). The topological polar surface area (TPSA) is 11.4 Å². The summed E-state index contributed by atoms with van der Waals surface area (Å²) in [6.07, 6.45) is -4.30. The molecule has 0 unspecified atom stereocenters. The molecule has 0 spiro atoms. The number of nitrogens with zero attached hydrogens (tertiary/aromatic N) is 3. The molecule has 0 radical (unpaired) electrons. The van der Waals surface area contributed by atoms with Crippen LogP contribution in [0.3, 0.4) is 0 Å². The van der Waals surface area contributed by atoms with Gasteiger partial charge in [0.2, 0.25) is 0 Å². The van der Waals surface area contributed by atoms with Crippen molar-refractivity contribution in [2.24, 2.45) is 0 Å². The van der Waals surface area contributed by atoms with Crippen LogP contribution in [0.5, 0.6) is 0 Å². The van der Waals surface area contributed by atoms with Crippen molar-refractivity contribution in [2.75, 3.05) is 36.1 Å². The van der Waals surface area contributed by atoms with E-state index in [0.29, 0.717) is 18.2 Å². The SMILES string of the molecule is FC(F)(F)c1ccc(N2CCN(n3c(Cl)cc4ccccc43)CC2)cc1. The van der Waals surface area contributed by atoms with Crippen LogP contribution in [0.25, 0.3) is 10.9 Å². The smallest absolute Gasteiger partial charge is 0.368 e. The highest BCUT2D eigenvalue weighted by molar-refractivity contribution is 6.31. The molecule has 0 bridgehead atoms. The highest BCUT2D eigenvalue weighted by atomic mass is 35.5. The van der Waals surface area contributed by atoms with Crippen molar-refractivity contribution < 1.29 is 13.2 Å². The van der Waals surface area contributed by atoms with Crippen LogP contribution in [0.15, 0.2) is 54.6 Å². The zero-order valence-corrected chi connectivity index (χ0v) is 14.6. The Bertz CT molecular complexity index is 910. The van der Waals surface area contributed by atoms with E-state index in [2.05, 4.69) is 9.91 Å². The molecule has 2 heterocycles. The monoisotopic (exact) mass is 379 g/mol. The van der Waals surface area contributed by atoms with Gasteiger partial charge in [-0.2, -0.15) is 13.2 Å². The summed E-state index contributed by atoms with van der Waals surface area (Å²) in [5, 5.41) is 3.92. The maximum atomic E-state index is 12.7. The van der Waals surface area contributed by atoms with Gasteiger partial charge in [0.1, 0.15) is 5.15 Å². The van der Waals surface area contributed by atoms with Gasteiger partial charge >= 0.3 is 6.18 Å². The minimum absolute atomic E-state index is 0.620. The van der Waals surface area contributed by atoms with Crippen molar-refractivity contribution in [3.8, 4) is 0 Å². The first-order valence-electron chi connectivity index (χ1n) is 8.37.